The minimum absolute atomic E-state index is 0.393. The highest BCUT2D eigenvalue weighted by atomic mass is 79.9. The molecule has 25 heavy (non-hydrogen) atoms. The van der Waals surface area contributed by atoms with E-state index in [-0.39, 0.29) is 0 Å². The van der Waals surface area contributed by atoms with Gasteiger partial charge in [-0.2, -0.15) is 5.10 Å². The highest BCUT2D eigenvalue weighted by Gasteiger charge is 2.03. The maximum absolute atomic E-state index is 11.9. The number of para-hydroxylation sites is 1. The Bertz CT molecular complexity index is 903. The number of carbonyl (C=O) groups is 1. The molecule has 5 nitrogen and oxygen atoms in total. The van der Waals surface area contributed by atoms with Gasteiger partial charge in [0.1, 0.15) is 0 Å². The Morgan fingerprint density at radius 3 is 2.68 bits per heavy atom. The molecule has 2 aromatic carbocycles. The summed E-state index contributed by atoms with van der Waals surface area (Å²) < 4.78 is 2.99. The van der Waals surface area contributed by atoms with Crippen LogP contribution in [0.25, 0.3) is 5.69 Å². The number of carbonyl (C=O) groups excluding carboxylic acids is 1. The Hall–Kier alpha value is -2.86. The molecule has 126 valence electrons. The van der Waals surface area contributed by atoms with Crippen molar-refractivity contribution in [3.63, 3.8) is 0 Å². The number of urea groups is 1. The molecule has 0 aliphatic carbocycles. The third-order valence-electron chi connectivity index (χ3n) is 3.59. The first-order valence-corrected chi connectivity index (χ1v) is 8.52. The fourth-order valence-corrected chi connectivity index (χ4v) is 2.61. The molecule has 0 radical (unpaired) electrons. The first kappa shape index (κ1) is 17.0. The lowest BCUT2D eigenvalue weighted by molar-refractivity contribution is 0.252. The van der Waals surface area contributed by atoms with Crippen LogP contribution in [0.4, 0.5) is 10.5 Å². The summed E-state index contributed by atoms with van der Waals surface area (Å²) in [6.45, 7) is 1.96. The number of nitrogens with one attached hydrogen (secondary N) is 2. The predicted molar refractivity (Wildman–Crippen MR) is 104 cm³/mol. The Balaban J connectivity index is 1.63. The average Bonchev–Trinajstić information content (AvgIpc) is 3.07. The highest BCUT2D eigenvalue weighted by molar-refractivity contribution is 9.10. The second-order valence-electron chi connectivity index (χ2n) is 5.43. The van der Waals surface area contributed by atoms with Gasteiger partial charge in [-0.1, -0.05) is 34.1 Å². The van der Waals surface area contributed by atoms with Crippen molar-refractivity contribution in [2.75, 3.05) is 5.32 Å². The number of rotatable bonds is 4. The normalized spacial score (nSPS) is 10.8. The van der Waals surface area contributed by atoms with E-state index in [4.69, 9.17) is 0 Å². The molecular weight excluding hydrogens is 380 g/mol. The molecule has 3 aromatic rings. The van der Waals surface area contributed by atoms with Gasteiger partial charge in [0.05, 0.1) is 11.9 Å². The Labute approximate surface area is 154 Å². The molecule has 0 saturated carbocycles. The van der Waals surface area contributed by atoms with Crippen molar-refractivity contribution in [2.24, 2.45) is 5.10 Å². The maximum atomic E-state index is 11.9. The first-order valence-electron chi connectivity index (χ1n) is 7.72. The number of hydrogen-bond donors (Lipinski definition) is 2. The van der Waals surface area contributed by atoms with Crippen molar-refractivity contribution in [1.29, 1.82) is 0 Å². The van der Waals surface area contributed by atoms with Gasteiger partial charge < -0.3 is 9.88 Å². The van der Waals surface area contributed by atoms with Gasteiger partial charge in [0.15, 0.2) is 0 Å². The molecule has 1 aromatic heterocycles. The number of aromatic nitrogens is 1. The number of hydrazone groups is 1. The molecule has 2 amide bonds. The van der Waals surface area contributed by atoms with E-state index < -0.39 is 6.03 Å². The van der Waals surface area contributed by atoms with Gasteiger partial charge in [-0.05, 0) is 55.0 Å². The largest absolute Gasteiger partial charge is 0.339 e. The predicted octanol–water partition coefficient (Wildman–Crippen LogP) is 4.70. The molecule has 0 bridgehead atoms. The first-order chi connectivity index (χ1) is 12.1. The zero-order valence-electron chi connectivity index (χ0n) is 13.6. The molecule has 0 unspecified atom stereocenters. The zero-order chi connectivity index (χ0) is 17.6. The Morgan fingerprint density at radius 2 is 1.92 bits per heavy atom. The molecular formula is C19H17BrN4O. The number of hydrogen-bond acceptors (Lipinski definition) is 2. The van der Waals surface area contributed by atoms with Gasteiger partial charge in [0.2, 0.25) is 0 Å². The van der Waals surface area contributed by atoms with Crippen LogP contribution in [0.5, 0.6) is 0 Å². The Kier molecular flexibility index (Phi) is 5.30. The summed E-state index contributed by atoms with van der Waals surface area (Å²) in [6, 6.07) is 19.0. The van der Waals surface area contributed by atoms with Gasteiger partial charge in [-0.25, -0.2) is 10.2 Å². The third-order valence-corrected chi connectivity index (χ3v) is 4.48. The van der Waals surface area contributed by atoms with Crippen LogP contribution in [-0.4, -0.2) is 16.8 Å². The minimum atomic E-state index is -0.393. The quantitative estimate of drug-likeness (QED) is 0.487. The van der Waals surface area contributed by atoms with E-state index in [1.165, 1.54) is 0 Å². The fourth-order valence-electron chi connectivity index (χ4n) is 2.36. The molecule has 1 heterocycles. The summed E-state index contributed by atoms with van der Waals surface area (Å²) in [5.41, 5.74) is 6.13. The molecule has 0 saturated heterocycles. The number of amides is 2. The van der Waals surface area contributed by atoms with E-state index in [9.17, 15) is 4.79 Å². The van der Waals surface area contributed by atoms with Crippen LogP contribution in [0.15, 0.2) is 76.4 Å². The monoisotopic (exact) mass is 396 g/mol. The van der Waals surface area contributed by atoms with Crippen LogP contribution in [0, 0.1) is 6.92 Å². The van der Waals surface area contributed by atoms with Crippen LogP contribution in [0.2, 0.25) is 0 Å². The SMILES string of the molecule is Cc1cc(NC(=O)N/N=C\c2cccn2-c2ccccc2)ccc1Br. The van der Waals surface area contributed by atoms with Crippen molar-refractivity contribution < 1.29 is 4.79 Å². The lowest BCUT2D eigenvalue weighted by Gasteiger charge is -2.07. The van der Waals surface area contributed by atoms with Crippen molar-refractivity contribution in [3.8, 4) is 5.69 Å². The average molecular weight is 397 g/mol. The summed E-state index contributed by atoms with van der Waals surface area (Å²) >= 11 is 3.43. The van der Waals surface area contributed by atoms with Gasteiger partial charge in [-0.3, -0.25) is 0 Å². The lowest BCUT2D eigenvalue weighted by atomic mass is 10.2. The van der Waals surface area contributed by atoms with E-state index in [0.717, 1.165) is 21.4 Å². The van der Waals surface area contributed by atoms with Crippen LogP contribution < -0.4 is 10.7 Å². The number of halogens is 1. The lowest BCUT2D eigenvalue weighted by Crippen LogP contribution is -2.24. The third kappa shape index (κ3) is 4.36. The van der Waals surface area contributed by atoms with E-state index >= 15 is 0 Å². The molecule has 0 aliphatic heterocycles. The molecule has 0 aliphatic rings. The van der Waals surface area contributed by atoms with Crippen molar-refractivity contribution >= 4 is 33.9 Å². The second kappa shape index (κ2) is 7.81. The zero-order valence-corrected chi connectivity index (χ0v) is 15.2. The van der Waals surface area contributed by atoms with Crippen LogP contribution >= 0.6 is 15.9 Å². The van der Waals surface area contributed by atoms with Gasteiger partial charge in [0, 0.05) is 22.0 Å². The molecule has 0 atom stereocenters. The van der Waals surface area contributed by atoms with Gasteiger partial charge in [-0.15, -0.1) is 0 Å². The number of benzene rings is 2. The van der Waals surface area contributed by atoms with Crippen molar-refractivity contribution in [3.05, 3.63) is 82.6 Å². The second-order valence-corrected chi connectivity index (χ2v) is 6.28. The van der Waals surface area contributed by atoms with Gasteiger partial charge in [0.25, 0.3) is 0 Å². The fraction of sp³-hybridized carbons (Fsp3) is 0.0526. The van der Waals surface area contributed by atoms with E-state index in [2.05, 4.69) is 31.8 Å². The smallest absolute Gasteiger partial charge is 0.316 e. The molecule has 0 fully saturated rings. The Morgan fingerprint density at radius 1 is 1.12 bits per heavy atom. The number of aryl methyl sites for hydroxylation is 1. The molecule has 6 heteroatoms. The topological polar surface area (TPSA) is 58.4 Å². The number of nitrogens with zero attached hydrogens (tertiary/aromatic N) is 2. The van der Waals surface area contributed by atoms with E-state index in [1.807, 2.05) is 78.4 Å². The highest BCUT2D eigenvalue weighted by Crippen LogP contribution is 2.19. The summed E-state index contributed by atoms with van der Waals surface area (Å²) in [4.78, 5) is 11.9. The molecule has 0 spiro atoms. The summed E-state index contributed by atoms with van der Waals surface area (Å²) in [5.74, 6) is 0. The maximum Gasteiger partial charge on any atom is 0.339 e. The molecule has 3 rings (SSSR count). The van der Waals surface area contributed by atoms with E-state index in [0.29, 0.717) is 5.69 Å². The van der Waals surface area contributed by atoms with Crippen molar-refractivity contribution in [2.45, 2.75) is 6.92 Å². The summed E-state index contributed by atoms with van der Waals surface area (Å²) in [6.07, 6.45) is 3.56. The summed E-state index contributed by atoms with van der Waals surface area (Å²) in [7, 11) is 0. The van der Waals surface area contributed by atoms with Crippen molar-refractivity contribution in [1.82, 2.24) is 9.99 Å². The van der Waals surface area contributed by atoms with Crippen LogP contribution in [-0.2, 0) is 0 Å². The van der Waals surface area contributed by atoms with E-state index in [1.54, 1.807) is 6.21 Å². The van der Waals surface area contributed by atoms with Crippen LogP contribution in [0.3, 0.4) is 0 Å². The number of anilines is 1. The van der Waals surface area contributed by atoms with Crippen LogP contribution in [0.1, 0.15) is 11.3 Å². The molecule has 2 N–H and O–H groups in total. The minimum Gasteiger partial charge on any atom is -0.316 e. The van der Waals surface area contributed by atoms with Gasteiger partial charge >= 0.3 is 6.03 Å². The standard InChI is InChI=1S/C19H17BrN4O/c1-14-12-15(9-10-18(14)20)22-19(25)23-21-13-17-8-5-11-24(17)16-6-3-2-4-7-16/h2-13H,1H3,(H2,22,23,25)/b21-13-. The summed E-state index contributed by atoms with van der Waals surface area (Å²) in [5, 5.41) is 6.76.